The highest BCUT2D eigenvalue weighted by molar-refractivity contribution is 7.16. The molecule has 0 spiro atoms. The summed E-state index contributed by atoms with van der Waals surface area (Å²) in [5.74, 6) is 2.34. The average molecular weight is 338 g/mol. The lowest BCUT2D eigenvalue weighted by atomic mass is 10.2. The van der Waals surface area contributed by atoms with Gasteiger partial charge in [-0.05, 0) is 42.1 Å². The second kappa shape index (κ2) is 6.78. The van der Waals surface area contributed by atoms with Crippen molar-refractivity contribution in [2.24, 2.45) is 4.99 Å². The first kappa shape index (κ1) is 15.5. The Labute approximate surface area is 142 Å². The first-order valence-electron chi connectivity index (χ1n) is 7.01. The van der Waals surface area contributed by atoms with Gasteiger partial charge in [0.2, 0.25) is 0 Å². The van der Waals surface area contributed by atoms with E-state index in [1.165, 1.54) is 23.0 Å². The number of aryl methyl sites for hydroxylation is 1. The molecule has 0 atom stereocenters. The number of hydrogen-bond acceptors (Lipinski definition) is 3. The zero-order valence-electron chi connectivity index (χ0n) is 12.5. The molecule has 114 valence electrons. The third kappa shape index (κ3) is 3.50. The zero-order valence-corrected chi connectivity index (χ0v) is 14.2. The summed E-state index contributed by atoms with van der Waals surface area (Å²) in [7, 11) is 0. The second-order valence-corrected chi connectivity index (χ2v) is 6.93. The molecular formula is C18H14N2OS2. The molecule has 0 radical (unpaired) electrons. The number of amides is 1. The lowest BCUT2D eigenvalue weighted by Crippen LogP contribution is -2.15. The average Bonchev–Trinajstić information content (AvgIpc) is 3.14. The summed E-state index contributed by atoms with van der Waals surface area (Å²) in [5.41, 5.74) is 2.18. The summed E-state index contributed by atoms with van der Waals surface area (Å²) in [6.45, 7) is 2.43. The number of aromatic nitrogens is 1. The predicted molar refractivity (Wildman–Crippen MR) is 97.3 cm³/mol. The van der Waals surface area contributed by atoms with Crippen molar-refractivity contribution in [2.75, 3.05) is 0 Å². The van der Waals surface area contributed by atoms with Gasteiger partial charge in [0.25, 0.3) is 5.91 Å². The molecule has 1 amide bonds. The standard InChI is InChI=1S/C18H14N2OS2/c1-3-10-20-15-8-6-13(2)12-16(15)23-18(20)19-17(21)9-7-14-5-4-11-22-14/h1,4-9,11-12H,10H2,2H3/b9-7+,19-18?. The third-order valence-corrected chi connectivity index (χ3v) is 5.11. The van der Waals surface area contributed by atoms with Crippen molar-refractivity contribution in [1.82, 2.24) is 4.57 Å². The number of nitrogens with zero attached hydrogens (tertiary/aromatic N) is 2. The normalized spacial score (nSPS) is 12.1. The van der Waals surface area contributed by atoms with Crippen LogP contribution in [0.4, 0.5) is 0 Å². The quantitative estimate of drug-likeness (QED) is 0.528. The van der Waals surface area contributed by atoms with Crippen LogP contribution in [0.5, 0.6) is 0 Å². The fourth-order valence-electron chi connectivity index (χ4n) is 2.18. The molecule has 3 rings (SSSR count). The number of hydrogen-bond donors (Lipinski definition) is 0. The van der Waals surface area contributed by atoms with Crippen LogP contribution in [0.25, 0.3) is 16.3 Å². The van der Waals surface area contributed by atoms with Gasteiger partial charge in [0.15, 0.2) is 4.80 Å². The van der Waals surface area contributed by atoms with Gasteiger partial charge in [0, 0.05) is 11.0 Å². The maximum atomic E-state index is 12.1. The summed E-state index contributed by atoms with van der Waals surface area (Å²) in [6.07, 6.45) is 8.72. The van der Waals surface area contributed by atoms with E-state index in [2.05, 4.69) is 17.0 Å². The number of thiazole rings is 1. The molecule has 0 bridgehead atoms. The van der Waals surface area contributed by atoms with E-state index in [1.807, 2.05) is 41.1 Å². The van der Waals surface area contributed by atoms with Crippen LogP contribution in [-0.4, -0.2) is 10.5 Å². The minimum atomic E-state index is -0.285. The smallest absolute Gasteiger partial charge is 0.272 e. The van der Waals surface area contributed by atoms with Gasteiger partial charge in [-0.25, -0.2) is 0 Å². The van der Waals surface area contributed by atoms with Crippen molar-refractivity contribution >= 4 is 44.9 Å². The lowest BCUT2D eigenvalue weighted by Gasteiger charge is -1.99. The Kier molecular flexibility index (Phi) is 4.56. The molecular weight excluding hydrogens is 324 g/mol. The molecule has 0 saturated carbocycles. The van der Waals surface area contributed by atoms with Crippen LogP contribution < -0.4 is 4.80 Å². The molecule has 0 saturated heterocycles. The summed E-state index contributed by atoms with van der Waals surface area (Å²) in [6, 6.07) is 10.0. The maximum absolute atomic E-state index is 12.1. The molecule has 0 fully saturated rings. The molecule has 3 aromatic rings. The van der Waals surface area contributed by atoms with Crippen molar-refractivity contribution < 1.29 is 4.79 Å². The van der Waals surface area contributed by atoms with Gasteiger partial charge in [-0.15, -0.1) is 17.8 Å². The van der Waals surface area contributed by atoms with E-state index in [0.717, 1.165) is 15.1 Å². The van der Waals surface area contributed by atoms with Crippen LogP contribution in [0.2, 0.25) is 0 Å². The van der Waals surface area contributed by atoms with E-state index in [0.29, 0.717) is 11.3 Å². The highest BCUT2D eigenvalue weighted by atomic mass is 32.1. The van der Waals surface area contributed by atoms with Crippen molar-refractivity contribution in [3.63, 3.8) is 0 Å². The number of carbonyl (C=O) groups excluding carboxylic acids is 1. The first-order chi connectivity index (χ1) is 11.2. The van der Waals surface area contributed by atoms with E-state index in [-0.39, 0.29) is 5.91 Å². The minimum Gasteiger partial charge on any atom is -0.305 e. The van der Waals surface area contributed by atoms with Gasteiger partial charge in [-0.1, -0.05) is 29.4 Å². The summed E-state index contributed by atoms with van der Waals surface area (Å²) in [5, 5.41) is 1.97. The Morgan fingerprint density at radius 2 is 2.30 bits per heavy atom. The Morgan fingerprint density at radius 1 is 1.43 bits per heavy atom. The number of benzene rings is 1. The third-order valence-electron chi connectivity index (χ3n) is 3.23. The van der Waals surface area contributed by atoms with Crippen LogP contribution in [-0.2, 0) is 11.3 Å². The number of carbonyl (C=O) groups is 1. The molecule has 0 aliphatic heterocycles. The van der Waals surface area contributed by atoms with E-state index in [4.69, 9.17) is 6.42 Å². The topological polar surface area (TPSA) is 34.4 Å². The predicted octanol–water partition coefficient (Wildman–Crippen LogP) is 3.85. The number of terminal acetylenes is 1. The number of fused-ring (bicyclic) bond motifs is 1. The van der Waals surface area contributed by atoms with Crippen molar-refractivity contribution in [3.8, 4) is 12.3 Å². The SMILES string of the molecule is C#CCn1c(=NC(=O)/C=C/c2cccs2)sc2cc(C)ccc21. The monoisotopic (exact) mass is 338 g/mol. The largest absolute Gasteiger partial charge is 0.305 e. The Hall–Kier alpha value is -2.42. The fourth-order valence-corrected chi connectivity index (χ4v) is 3.93. The van der Waals surface area contributed by atoms with Gasteiger partial charge in [-0.2, -0.15) is 4.99 Å². The van der Waals surface area contributed by atoms with Crippen LogP contribution in [0.3, 0.4) is 0 Å². The summed E-state index contributed by atoms with van der Waals surface area (Å²) < 4.78 is 2.98. The molecule has 1 aromatic carbocycles. The van der Waals surface area contributed by atoms with Crippen molar-refractivity contribution in [2.45, 2.75) is 13.5 Å². The van der Waals surface area contributed by atoms with Gasteiger partial charge in [0.1, 0.15) is 0 Å². The van der Waals surface area contributed by atoms with E-state index < -0.39 is 0 Å². The summed E-state index contributed by atoms with van der Waals surface area (Å²) in [4.78, 5) is 18.0. The van der Waals surface area contributed by atoms with E-state index >= 15 is 0 Å². The zero-order chi connectivity index (χ0) is 16.2. The van der Waals surface area contributed by atoms with E-state index in [1.54, 1.807) is 17.4 Å². The molecule has 0 unspecified atom stereocenters. The Morgan fingerprint density at radius 3 is 3.04 bits per heavy atom. The minimum absolute atomic E-state index is 0.285. The highest BCUT2D eigenvalue weighted by Crippen LogP contribution is 2.18. The lowest BCUT2D eigenvalue weighted by molar-refractivity contribution is -0.113. The second-order valence-electron chi connectivity index (χ2n) is 4.94. The Bertz CT molecular complexity index is 982. The first-order valence-corrected chi connectivity index (χ1v) is 8.71. The van der Waals surface area contributed by atoms with Crippen molar-refractivity contribution in [1.29, 1.82) is 0 Å². The summed E-state index contributed by atoms with van der Waals surface area (Å²) >= 11 is 3.06. The molecule has 0 N–H and O–H groups in total. The van der Waals surface area contributed by atoms with Gasteiger partial charge >= 0.3 is 0 Å². The van der Waals surface area contributed by atoms with Gasteiger partial charge < -0.3 is 4.57 Å². The molecule has 5 heteroatoms. The molecule has 2 aromatic heterocycles. The highest BCUT2D eigenvalue weighted by Gasteiger charge is 2.06. The van der Waals surface area contributed by atoms with Gasteiger partial charge in [-0.3, -0.25) is 4.79 Å². The van der Waals surface area contributed by atoms with Crippen LogP contribution in [0, 0.1) is 19.3 Å². The number of rotatable bonds is 3. The number of thiophene rings is 1. The van der Waals surface area contributed by atoms with Crippen LogP contribution >= 0.6 is 22.7 Å². The molecule has 23 heavy (non-hydrogen) atoms. The van der Waals surface area contributed by atoms with Gasteiger partial charge in [0.05, 0.1) is 16.8 Å². The van der Waals surface area contributed by atoms with Crippen LogP contribution in [0.1, 0.15) is 10.4 Å². The molecule has 3 nitrogen and oxygen atoms in total. The van der Waals surface area contributed by atoms with Crippen molar-refractivity contribution in [3.05, 3.63) is 57.0 Å². The maximum Gasteiger partial charge on any atom is 0.272 e. The molecule has 0 aliphatic carbocycles. The van der Waals surface area contributed by atoms with Crippen LogP contribution in [0.15, 0.2) is 46.8 Å². The Balaban J connectivity index is 2.02. The van der Waals surface area contributed by atoms with E-state index in [9.17, 15) is 4.79 Å². The molecule has 0 aliphatic rings. The molecule has 2 heterocycles. The fraction of sp³-hybridized carbons (Fsp3) is 0.111.